The molecular weight excluding hydrogens is 210 g/mol. The van der Waals surface area contributed by atoms with Crippen molar-refractivity contribution in [2.75, 3.05) is 27.2 Å². The van der Waals surface area contributed by atoms with Crippen molar-refractivity contribution in [2.45, 2.75) is 25.3 Å². The van der Waals surface area contributed by atoms with E-state index in [1.54, 1.807) is 19.0 Å². The molecule has 1 aliphatic rings. The van der Waals surface area contributed by atoms with Gasteiger partial charge in [-0.15, -0.1) is 0 Å². The number of amides is 1. The maximum atomic E-state index is 11.6. The number of hydrogen-bond acceptors (Lipinski definition) is 3. The number of hydrogen-bond donors (Lipinski definition) is 1. The van der Waals surface area contributed by atoms with Crippen LogP contribution >= 0.6 is 12.2 Å². The second kappa shape index (κ2) is 5.42. The van der Waals surface area contributed by atoms with Gasteiger partial charge in [-0.3, -0.25) is 9.69 Å². The highest BCUT2D eigenvalue weighted by molar-refractivity contribution is 7.80. The minimum atomic E-state index is 0.143. The minimum Gasteiger partial charge on any atom is -0.393 e. The van der Waals surface area contributed by atoms with Crippen molar-refractivity contribution in [1.82, 2.24) is 9.80 Å². The van der Waals surface area contributed by atoms with E-state index in [-0.39, 0.29) is 5.91 Å². The normalized spacial score (nSPS) is 15.4. The van der Waals surface area contributed by atoms with Crippen molar-refractivity contribution in [3.8, 4) is 0 Å². The summed E-state index contributed by atoms with van der Waals surface area (Å²) in [5, 5.41) is 0. The van der Waals surface area contributed by atoms with Gasteiger partial charge in [-0.05, 0) is 12.8 Å². The van der Waals surface area contributed by atoms with E-state index in [4.69, 9.17) is 18.0 Å². The maximum absolute atomic E-state index is 11.6. The molecule has 0 aromatic heterocycles. The first kappa shape index (κ1) is 12.4. The summed E-state index contributed by atoms with van der Waals surface area (Å²) in [5.74, 6) is 0.143. The van der Waals surface area contributed by atoms with Crippen molar-refractivity contribution in [1.29, 1.82) is 0 Å². The Morgan fingerprint density at radius 2 is 2.07 bits per heavy atom. The molecule has 0 unspecified atom stereocenters. The molecule has 0 heterocycles. The molecule has 2 N–H and O–H groups in total. The molecule has 0 aromatic carbocycles. The molecule has 4 nitrogen and oxygen atoms in total. The third kappa shape index (κ3) is 4.57. The Balaban J connectivity index is 2.36. The number of nitrogens with zero attached hydrogens (tertiary/aromatic N) is 2. The average molecular weight is 229 g/mol. The van der Waals surface area contributed by atoms with Gasteiger partial charge < -0.3 is 10.6 Å². The molecule has 0 atom stereocenters. The van der Waals surface area contributed by atoms with Gasteiger partial charge in [-0.25, -0.2) is 0 Å². The number of carbonyl (C=O) groups excluding carboxylic acids is 1. The first-order valence-corrected chi connectivity index (χ1v) is 5.64. The highest BCUT2D eigenvalue weighted by Gasteiger charge is 2.30. The fourth-order valence-corrected chi connectivity index (χ4v) is 1.49. The number of carbonyl (C=O) groups is 1. The van der Waals surface area contributed by atoms with E-state index in [9.17, 15) is 4.79 Å². The molecule has 0 bridgehead atoms. The predicted octanol–water partition coefficient (Wildman–Crippen LogP) is 0.215. The van der Waals surface area contributed by atoms with Gasteiger partial charge in [0, 0.05) is 33.1 Å². The zero-order chi connectivity index (χ0) is 11.4. The lowest BCUT2D eigenvalue weighted by atomic mass is 10.3. The Morgan fingerprint density at radius 3 is 2.47 bits per heavy atom. The predicted molar refractivity (Wildman–Crippen MR) is 64.7 cm³/mol. The van der Waals surface area contributed by atoms with Crippen LogP contribution in [-0.2, 0) is 4.79 Å². The average Bonchev–Trinajstić information content (AvgIpc) is 2.94. The molecule has 1 amide bonds. The molecule has 1 aliphatic carbocycles. The topological polar surface area (TPSA) is 49.6 Å². The Labute approximate surface area is 96.4 Å². The van der Waals surface area contributed by atoms with Crippen LogP contribution in [0.1, 0.15) is 19.3 Å². The van der Waals surface area contributed by atoms with Crippen molar-refractivity contribution in [2.24, 2.45) is 5.73 Å². The lowest BCUT2D eigenvalue weighted by Crippen LogP contribution is -2.39. The first-order chi connectivity index (χ1) is 7.00. The first-order valence-electron chi connectivity index (χ1n) is 5.23. The summed E-state index contributed by atoms with van der Waals surface area (Å²) < 4.78 is 0. The summed E-state index contributed by atoms with van der Waals surface area (Å²) in [4.78, 5) is 15.9. The van der Waals surface area contributed by atoms with Crippen molar-refractivity contribution in [3.05, 3.63) is 0 Å². The minimum absolute atomic E-state index is 0.143. The molecule has 0 saturated heterocycles. The molecule has 1 saturated carbocycles. The maximum Gasteiger partial charge on any atom is 0.236 e. The van der Waals surface area contributed by atoms with E-state index < -0.39 is 0 Å². The van der Waals surface area contributed by atoms with E-state index in [0.717, 1.165) is 6.54 Å². The number of nitrogens with two attached hydrogens (primary N) is 1. The summed E-state index contributed by atoms with van der Waals surface area (Å²) in [6.45, 7) is 1.29. The lowest BCUT2D eigenvalue weighted by Gasteiger charge is -2.22. The van der Waals surface area contributed by atoms with Crippen LogP contribution < -0.4 is 5.73 Å². The number of rotatable bonds is 6. The Kier molecular flexibility index (Phi) is 4.47. The second-order valence-electron chi connectivity index (χ2n) is 4.21. The third-order valence-corrected chi connectivity index (χ3v) is 2.75. The van der Waals surface area contributed by atoms with Crippen LogP contribution in [0.15, 0.2) is 0 Å². The summed E-state index contributed by atoms with van der Waals surface area (Å²) in [5.41, 5.74) is 5.46. The monoisotopic (exact) mass is 229 g/mol. The van der Waals surface area contributed by atoms with Gasteiger partial charge in [0.15, 0.2) is 0 Å². The number of thiocarbonyl (C=S) groups is 1. The van der Waals surface area contributed by atoms with E-state index in [0.29, 0.717) is 24.0 Å². The molecule has 86 valence electrons. The summed E-state index contributed by atoms with van der Waals surface area (Å²) in [7, 11) is 3.56. The zero-order valence-corrected chi connectivity index (χ0v) is 10.2. The van der Waals surface area contributed by atoms with E-state index >= 15 is 0 Å². The highest BCUT2D eigenvalue weighted by Crippen LogP contribution is 2.26. The van der Waals surface area contributed by atoms with Crippen LogP contribution in [0.2, 0.25) is 0 Å². The SMILES string of the molecule is CN(C)C(=O)CN(CCC(N)=S)C1CC1. The van der Waals surface area contributed by atoms with E-state index in [1.807, 2.05) is 0 Å². The molecule has 0 aliphatic heterocycles. The zero-order valence-electron chi connectivity index (χ0n) is 9.40. The van der Waals surface area contributed by atoms with Gasteiger partial charge in [-0.2, -0.15) is 0 Å². The van der Waals surface area contributed by atoms with Crippen molar-refractivity contribution < 1.29 is 4.79 Å². The smallest absolute Gasteiger partial charge is 0.236 e. The molecule has 15 heavy (non-hydrogen) atoms. The van der Waals surface area contributed by atoms with Crippen molar-refractivity contribution in [3.63, 3.8) is 0 Å². The summed E-state index contributed by atoms with van der Waals surface area (Å²) in [6.07, 6.45) is 3.09. The lowest BCUT2D eigenvalue weighted by molar-refractivity contribution is -0.130. The standard InChI is InChI=1S/C10H19N3OS/c1-12(2)10(14)7-13(8-3-4-8)6-5-9(11)15/h8H,3-7H2,1-2H3,(H2,11,15). The molecule has 1 fully saturated rings. The van der Waals surface area contributed by atoms with Crippen LogP contribution in [-0.4, -0.2) is 53.9 Å². The molecule has 0 radical (unpaired) electrons. The fraction of sp³-hybridized carbons (Fsp3) is 0.800. The van der Waals surface area contributed by atoms with Gasteiger partial charge in [0.1, 0.15) is 0 Å². The Hall–Kier alpha value is -0.680. The van der Waals surface area contributed by atoms with Gasteiger partial charge in [0.25, 0.3) is 0 Å². The van der Waals surface area contributed by atoms with Crippen LogP contribution in [0.3, 0.4) is 0 Å². The van der Waals surface area contributed by atoms with Crippen molar-refractivity contribution >= 4 is 23.1 Å². The largest absolute Gasteiger partial charge is 0.393 e. The Morgan fingerprint density at radius 1 is 1.47 bits per heavy atom. The summed E-state index contributed by atoms with van der Waals surface area (Å²) >= 11 is 4.84. The molecule has 1 rings (SSSR count). The second-order valence-corrected chi connectivity index (χ2v) is 4.73. The van der Waals surface area contributed by atoms with Crippen LogP contribution in [0, 0.1) is 0 Å². The van der Waals surface area contributed by atoms with Gasteiger partial charge in [-0.1, -0.05) is 12.2 Å². The highest BCUT2D eigenvalue weighted by atomic mass is 32.1. The van der Waals surface area contributed by atoms with Crippen LogP contribution in [0.25, 0.3) is 0 Å². The summed E-state index contributed by atoms with van der Waals surface area (Å²) in [6, 6.07) is 0.572. The molecular formula is C10H19N3OS. The third-order valence-electron chi connectivity index (χ3n) is 2.55. The molecule has 0 spiro atoms. The van der Waals surface area contributed by atoms with Crippen LogP contribution in [0.5, 0.6) is 0 Å². The van der Waals surface area contributed by atoms with Gasteiger partial charge in [0.2, 0.25) is 5.91 Å². The van der Waals surface area contributed by atoms with Crippen LogP contribution in [0.4, 0.5) is 0 Å². The quantitative estimate of drug-likeness (QED) is 0.662. The molecule has 5 heteroatoms. The number of likely N-dealkylation sites (N-methyl/N-ethyl adjacent to an activating group) is 1. The van der Waals surface area contributed by atoms with Gasteiger partial charge >= 0.3 is 0 Å². The Bertz CT molecular complexity index is 251. The van der Waals surface area contributed by atoms with E-state index in [1.165, 1.54) is 12.8 Å². The van der Waals surface area contributed by atoms with Gasteiger partial charge in [0.05, 0.1) is 11.5 Å². The fourth-order valence-electron chi connectivity index (χ4n) is 1.40. The van der Waals surface area contributed by atoms with E-state index in [2.05, 4.69) is 4.90 Å². The molecule has 0 aromatic rings.